The van der Waals surface area contributed by atoms with Gasteiger partial charge in [-0.05, 0) is 25.6 Å². The zero-order valence-electron chi connectivity index (χ0n) is 12.5. The highest BCUT2D eigenvalue weighted by Crippen LogP contribution is 2.25. The van der Waals surface area contributed by atoms with Crippen molar-refractivity contribution in [3.8, 4) is 0 Å². The summed E-state index contributed by atoms with van der Waals surface area (Å²) in [5, 5.41) is 7.30. The monoisotopic (exact) mass is 309 g/mol. The molecule has 0 amide bonds. The third-order valence-electron chi connectivity index (χ3n) is 3.34. The molecule has 6 heteroatoms. The number of benzene rings is 1. The van der Waals surface area contributed by atoms with E-state index < -0.39 is 0 Å². The van der Waals surface area contributed by atoms with Crippen LogP contribution in [-0.2, 0) is 5.75 Å². The summed E-state index contributed by atoms with van der Waals surface area (Å²) in [4.78, 5) is 4.99. The van der Waals surface area contributed by atoms with Gasteiger partial charge < -0.3 is 9.84 Å². The molecule has 0 aliphatic heterocycles. The highest BCUT2D eigenvalue weighted by Gasteiger charge is 2.20. The summed E-state index contributed by atoms with van der Waals surface area (Å²) in [7, 11) is 0. The van der Waals surface area contributed by atoms with Gasteiger partial charge >= 0.3 is 0 Å². The smallest absolute Gasteiger partial charge is 0.231 e. The largest absolute Gasteiger partial charge is 0.339 e. The van der Waals surface area contributed by atoms with Gasteiger partial charge in [-0.25, -0.2) is 4.39 Å². The Bertz CT molecular complexity index is 576. The quantitative estimate of drug-likeness (QED) is 0.792. The molecular formula is C15H20FN3OS. The Labute approximate surface area is 128 Å². The first kappa shape index (κ1) is 16.0. The molecule has 0 fully saturated rings. The lowest BCUT2D eigenvalue weighted by Gasteiger charge is -2.16. The van der Waals surface area contributed by atoms with E-state index in [0.717, 1.165) is 6.54 Å². The van der Waals surface area contributed by atoms with Crippen LogP contribution in [0.5, 0.6) is 0 Å². The number of hydrogen-bond donors (Lipinski definition) is 1. The lowest BCUT2D eigenvalue weighted by Crippen LogP contribution is -2.30. The molecule has 0 aliphatic rings. The molecule has 0 radical (unpaired) electrons. The maximum atomic E-state index is 13.5. The lowest BCUT2D eigenvalue weighted by atomic mass is 10.0. The Morgan fingerprint density at radius 2 is 2.10 bits per heavy atom. The first-order chi connectivity index (χ1) is 10.1. The summed E-state index contributed by atoms with van der Waals surface area (Å²) in [5.74, 6) is 1.62. The average molecular weight is 309 g/mol. The van der Waals surface area contributed by atoms with Gasteiger partial charge in [0.05, 0.1) is 11.7 Å². The van der Waals surface area contributed by atoms with Crippen LogP contribution in [0, 0.1) is 5.82 Å². The Hall–Kier alpha value is -1.40. The van der Waals surface area contributed by atoms with Gasteiger partial charge in [-0.3, -0.25) is 0 Å². The van der Waals surface area contributed by atoms with Crippen LogP contribution in [0.2, 0.25) is 0 Å². The first-order valence-electron chi connectivity index (χ1n) is 7.05. The SMILES string of the molecule is CCNC(C)C(C)c1nc(CSc2ccccc2F)no1. The van der Waals surface area contributed by atoms with Gasteiger partial charge in [0.1, 0.15) is 5.82 Å². The van der Waals surface area contributed by atoms with Crippen molar-refractivity contribution < 1.29 is 8.91 Å². The summed E-state index contributed by atoms with van der Waals surface area (Å²) in [6, 6.07) is 6.95. The van der Waals surface area contributed by atoms with Crippen molar-refractivity contribution in [1.82, 2.24) is 15.5 Å². The normalized spacial score (nSPS) is 14.1. The molecule has 0 bridgehead atoms. The third-order valence-corrected chi connectivity index (χ3v) is 4.39. The number of likely N-dealkylation sites (N-methyl/N-ethyl adjacent to an activating group) is 1. The zero-order chi connectivity index (χ0) is 15.2. The Kier molecular flexibility index (Phi) is 5.76. The topological polar surface area (TPSA) is 51.0 Å². The number of hydrogen-bond acceptors (Lipinski definition) is 5. The fourth-order valence-electron chi connectivity index (χ4n) is 1.93. The minimum absolute atomic E-state index is 0.143. The van der Waals surface area contributed by atoms with Gasteiger partial charge in [0.25, 0.3) is 0 Å². The fourth-order valence-corrected chi connectivity index (χ4v) is 2.71. The predicted octanol–water partition coefficient (Wildman–Crippen LogP) is 3.60. The van der Waals surface area contributed by atoms with Crippen LogP contribution in [0.1, 0.15) is 38.4 Å². The molecule has 0 saturated heterocycles. The van der Waals surface area contributed by atoms with Crippen molar-refractivity contribution in [3.63, 3.8) is 0 Å². The van der Waals surface area contributed by atoms with Gasteiger partial charge in [0.2, 0.25) is 5.89 Å². The minimum atomic E-state index is -0.222. The molecule has 4 nitrogen and oxygen atoms in total. The number of aromatic nitrogens is 2. The highest BCUT2D eigenvalue weighted by atomic mass is 32.2. The van der Waals surface area contributed by atoms with E-state index in [1.54, 1.807) is 12.1 Å². The molecule has 0 spiro atoms. The second kappa shape index (κ2) is 7.56. The molecule has 2 rings (SSSR count). The van der Waals surface area contributed by atoms with Crippen molar-refractivity contribution in [2.75, 3.05) is 6.54 Å². The second-order valence-electron chi connectivity index (χ2n) is 4.90. The molecule has 2 unspecified atom stereocenters. The maximum Gasteiger partial charge on any atom is 0.231 e. The van der Waals surface area contributed by atoms with E-state index in [0.29, 0.717) is 22.4 Å². The molecule has 0 aliphatic carbocycles. The van der Waals surface area contributed by atoms with Crippen molar-refractivity contribution in [2.45, 2.75) is 43.4 Å². The summed E-state index contributed by atoms with van der Waals surface area (Å²) in [5.41, 5.74) is 0. The van der Waals surface area contributed by atoms with Crippen LogP contribution in [-0.4, -0.2) is 22.7 Å². The predicted molar refractivity (Wildman–Crippen MR) is 81.8 cm³/mol. The van der Waals surface area contributed by atoms with Gasteiger partial charge in [0, 0.05) is 10.9 Å². The van der Waals surface area contributed by atoms with Crippen LogP contribution < -0.4 is 5.32 Å². The van der Waals surface area contributed by atoms with E-state index in [2.05, 4.69) is 36.2 Å². The van der Waals surface area contributed by atoms with E-state index in [1.165, 1.54) is 17.8 Å². The molecule has 21 heavy (non-hydrogen) atoms. The molecule has 1 N–H and O–H groups in total. The van der Waals surface area contributed by atoms with Crippen molar-refractivity contribution in [3.05, 3.63) is 41.8 Å². The van der Waals surface area contributed by atoms with Gasteiger partial charge in [-0.15, -0.1) is 11.8 Å². The summed E-state index contributed by atoms with van der Waals surface area (Å²) >= 11 is 1.37. The molecule has 2 aromatic rings. The van der Waals surface area contributed by atoms with Crippen LogP contribution in [0.15, 0.2) is 33.7 Å². The van der Waals surface area contributed by atoms with E-state index >= 15 is 0 Å². The molecule has 114 valence electrons. The van der Waals surface area contributed by atoms with Crippen molar-refractivity contribution >= 4 is 11.8 Å². The molecule has 2 atom stereocenters. The lowest BCUT2D eigenvalue weighted by molar-refractivity contribution is 0.330. The van der Waals surface area contributed by atoms with Crippen LogP contribution >= 0.6 is 11.8 Å². The minimum Gasteiger partial charge on any atom is -0.339 e. The second-order valence-corrected chi connectivity index (χ2v) is 5.92. The molecule has 0 saturated carbocycles. The van der Waals surface area contributed by atoms with E-state index in [-0.39, 0.29) is 17.8 Å². The third kappa shape index (κ3) is 4.28. The fraction of sp³-hybridized carbons (Fsp3) is 0.467. The molecule has 1 aromatic carbocycles. The van der Waals surface area contributed by atoms with E-state index in [9.17, 15) is 4.39 Å². The van der Waals surface area contributed by atoms with Gasteiger partial charge in [0.15, 0.2) is 5.82 Å². The number of rotatable bonds is 7. The summed E-state index contributed by atoms with van der Waals surface area (Å²) in [6.45, 7) is 7.10. The Morgan fingerprint density at radius 1 is 1.33 bits per heavy atom. The van der Waals surface area contributed by atoms with Crippen LogP contribution in [0.3, 0.4) is 0 Å². The standard InChI is InChI=1S/C15H20FN3OS/c1-4-17-11(3)10(2)15-18-14(19-20-15)9-21-13-8-6-5-7-12(13)16/h5-8,10-11,17H,4,9H2,1-3H3. The highest BCUT2D eigenvalue weighted by molar-refractivity contribution is 7.98. The molecule has 1 heterocycles. The zero-order valence-corrected chi connectivity index (χ0v) is 13.3. The number of nitrogens with one attached hydrogen (secondary N) is 1. The molecule has 1 aromatic heterocycles. The first-order valence-corrected chi connectivity index (χ1v) is 8.03. The molecular weight excluding hydrogens is 289 g/mol. The summed E-state index contributed by atoms with van der Waals surface area (Å²) in [6.07, 6.45) is 0. The van der Waals surface area contributed by atoms with Crippen LogP contribution in [0.25, 0.3) is 0 Å². The van der Waals surface area contributed by atoms with Gasteiger partial charge in [-0.2, -0.15) is 4.98 Å². The average Bonchev–Trinajstić information content (AvgIpc) is 2.95. The Balaban J connectivity index is 1.96. The summed E-state index contributed by atoms with van der Waals surface area (Å²) < 4.78 is 18.8. The van der Waals surface area contributed by atoms with Crippen molar-refractivity contribution in [1.29, 1.82) is 0 Å². The van der Waals surface area contributed by atoms with E-state index in [1.807, 2.05) is 6.07 Å². The van der Waals surface area contributed by atoms with Crippen molar-refractivity contribution in [2.24, 2.45) is 0 Å². The van der Waals surface area contributed by atoms with Gasteiger partial charge in [-0.1, -0.05) is 31.1 Å². The van der Waals surface area contributed by atoms with E-state index in [4.69, 9.17) is 4.52 Å². The maximum absolute atomic E-state index is 13.5. The number of halogens is 1. The number of thioether (sulfide) groups is 1. The Morgan fingerprint density at radius 3 is 2.81 bits per heavy atom. The van der Waals surface area contributed by atoms with Crippen LogP contribution in [0.4, 0.5) is 4.39 Å². The number of nitrogens with zero attached hydrogens (tertiary/aromatic N) is 2.